The van der Waals surface area contributed by atoms with Gasteiger partial charge in [-0.3, -0.25) is 4.99 Å². The first-order chi connectivity index (χ1) is 8.95. The predicted octanol–water partition coefficient (Wildman–Crippen LogP) is 2.94. The van der Waals surface area contributed by atoms with Crippen LogP contribution in [-0.4, -0.2) is 50.6 Å². The molecule has 0 heterocycles. The molecule has 0 radical (unpaired) electrons. The van der Waals surface area contributed by atoms with Gasteiger partial charge >= 0.3 is 0 Å². The maximum atomic E-state index is 4.62. The van der Waals surface area contributed by atoms with Gasteiger partial charge in [0.25, 0.3) is 0 Å². The zero-order chi connectivity index (χ0) is 14.7. The molecule has 4 nitrogen and oxygen atoms in total. The van der Waals surface area contributed by atoms with Crippen molar-refractivity contribution in [3.8, 4) is 0 Å². The Hall–Kier alpha value is -0.0400. The van der Waals surface area contributed by atoms with Gasteiger partial charge in [0.1, 0.15) is 0 Å². The summed E-state index contributed by atoms with van der Waals surface area (Å²) >= 11 is 0. The molecule has 122 valence electrons. The second-order valence-corrected chi connectivity index (χ2v) is 5.93. The highest BCUT2D eigenvalue weighted by Gasteiger charge is 2.05. The summed E-state index contributed by atoms with van der Waals surface area (Å²) in [4.78, 5) is 6.82. The van der Waals surface area contributed by atoms with Crippen LogP contribution >= 0.6 is 24.0 Å². The van der Waals surface area contributed by atoms with Gasteiger partial charge in [0.2, 0.25) is 0 Å². The monoisotopic (exact) mass is 398 g/mol. The molecule has 1 unspecified atom stereocenters. The van der Waals surface area contributed by atoms with Crippen molar-refractivity contribution < 1.29 is 0 Å². The van der Waals surface area contributed by atoms with Crippen LogP contribution in [0, 0.1) is 5.92 Å². The number of guanidine groups is 1. The van der Waals surface area contributed by atoms with Crippen LogP contribution in [0.2, 0.25) is 0 Å². The van der Waals surface area contributed by atoms with E-state index in [0.717, 1.165) is 37.9 Å². The molecule has 0 bridgehead atoms. The van der Waals surface area contributed by atoms with Crippen molar-refractivity contribution >= 4 is 29.9 Å². The van der Waals surface area contributed by atoms with E-state index < -0.39 is 0 Å². The van der Waals surface area contributed by atoms with Crippen LogP contribution in [0.5, 0.6) is 0 Å². The van der Waals surface area contributed by atoms with Gasteiger partial charge in [0.05, 0.1) is 0 Å². The molecule has 2 N–H and O–H groups in total. The summed E-state index contributed by atoms with van der Waals surface area (Å²) in [7, 11) is 4.20. The summed E-state index contributed by atoms with van der Waals surface area (Å²) in [5.74, 6) is 1.72. The van der Waals surface area contributed by atoms with E-state index in [-0.39, 0.29) is 24.0 Å². The highest BCUT2D eigenvalue weighted by molar-refractivity contribution is 14.0. The van der Waals surface area contributed by atoms with E-state index in [0.29, 0.717) is 6.04 Å². The molecule has 0 aromatic rings. The number of hydrogen-bond acceptors (Lipinski definition) is 2. The third-order valence-electron chi connectivity index (χ3n) is 2.94. The first-order valence-corrected chi connectivity index (χ1v) is 7.65. The number of aliphatic imine (C=N–C) groups is 1. The summed E-state index contributed by atoms with van der Waals surface area (Å²) in [6, 6.07) is 0.481. The van der Waals surface area contributed by atoms with Crippen molar-refractivity contribution in [2.24, 2.45) is 10.9 Å². The average Bonchev–Trinajstić information content (AvgIpc) is 2.32. The van der Waals surface area contributed by atoms with Gasteiger partial charge in [-0.05, 0) is 59.7 Å². The second kappa shape index (κ2) is 13.9. The summed E-state index contributed by atoms with van der Waals surface area (Å²) in [6.45, 7) is 11.8. The van der Waals surface area contributed by atoms with Crippen LogP contribution in [0.4, 0.5) is 0 Å². The predicted molar refractivity (Wildman–Crippen MR) is 101 cm³/mol. The summed E-state index contributed by atoms with van der Waals surface area (Å²) in [6.07, 6.45) is 3.55. The molecule has 0 amide bonds. The van der Waals surface area contributed by atoms with Crippen molar-refractivity contribution in [2.75, 3.05) is 33.7 Å². The van der Waals surface area contributed by atoms with E-state index in [1.807, 2.05) is 0 Å². The normalized spacial score (nSPS) is 13.3. The molecule has 0 saturated carbocycles. The Morgan fingerprint density at radius 1 is 1.15 bits per heavy atom. The number of nitrogens with one attached hydrogen (secondary N) is 2. The van der Waals surface area contributed by atoms with Gasteiger partial charge in [-0.1, -0.05) is 13.8 Å². The van der Waals surface area contributed by atoms with Gasteiger partial charge in [-0.2, -0.15) is 0 Å². The maximum absolute atomic E-state index is 4.62. The topological polar surface area (TPSA) is 39.7 Å². The van der Waals surface area contributed by atoms with E-state index in [1.54, 1.807) is 0 Å². The summed E-state index contributed by atoms with van der Waals surface area (Å²) < 4.78 is 0. The van der Waals surface area contributed by atoms with Crippen molar-refractivity contribution in [3.05, 3.63) is 0 Å². The lowest BCUT2D eigenvalue weighted by molar-refractivity contribution is 0.403. The Morgan fingerprint density at radius 3 is 2.30 bits per heavy atom. The molecule has 0 aromatic heterocycles. The Balaban J connectivity index is 0. The maximum Gasteiger partial charge on any atom is 0.191 e. The van der Waals surface area contributed by atoms with Crippen molar-refractivity contribution in [1.29, 1.82) is 0 Å². The molecule has 5 heteroatoms. The third kappa shape index (κ3) is 14.4. The van der Waals surface area contributed by atoms with E-state index in [1.165, 1.54) is 12.8 Å². The SMILES string of the molecule is CCNC(=NCCCN(C)C)NC(C)CCC(C)C.I. The average molecular weight is 398 g/mol. The number of nitrogens with zero attached hydrogens (tertiary/aromatic N) is 2. The van der Waals surface area contributed by atoms with Crippen molar-refractivity contribution in [3.63, 3.8) is 0 Å². The third-order valence-corrected chi connectivity index (χ3v) is 2.94. The molecule has 0 aliphatic carbocycles. The van der Waals surface area contributed by atoms with Crippen LogP contribution < -0.4 is 10.6 Å². The number of halogens is 1. The molecular weight excluding hydrogens is 363 g/mol. The molecule has 0 rings (SSSR count). The molecule has 0 aliphatic rings. The first-order valence-electron chi connectivity index (χ1n) is 7.65. The lowest BCUT2D eigenvalue weighted by Crippen LogP contribution is -2.42. The van der Waals surface area contributed by atoms with Gasteiger partial charge in [0, 0.05) is 19.1 Å². The highest BCUT2D eigenvalue weighted by Crippen LogP contribution is 2.06. The first kappa shape index (κ1) is 22.2. The molecule has 0 aromatic carbocycles. The second-order valence-electron chi connectivity index (χ2n) is 5.93. The van der Waals surface area contributed by atoms with Gasteiger partial charge in [0.15, 0.2) is 5.96 Å². The number of rotatable bonds is 9. The Kier molecular flexibility index (Phi) is 15.5. The zero-order valence-electron chi connectivity index (χ0n) is 14.2. The molecule has 20 heavy (non-hydrogen) atoms. The fourth-order valence-electron chi connectivity index (χ4n) is 1.79. The lowest BCUT2D eigenvalue weighted by atomic mass is 10.0. The molecule has 0 fully saturated rings. The molecular formula is C15H35IN4. The van der Waals surface area contributed by atoms with Crippen molar-refractivity contribution in [2.45, 2.75) is 53.0 Å². The van der Waals surface area contributed by atoms with E-state index in [9.17, 15) is 0 Å². The quantitative estimate of drug-likeness (QED) is 0.272. The summed E-state index contributed by atoms with van der Waals surface area (Å²) in [5, 5.41) is 6.80. The highest BCUT2D eigenvalue weighted by atomic mass is 127. The van der Waals surface area contributed by atoms with Crippen molar-refractivity contribution in [1.82, 2.24) is 15.5 Å². The Morgan fingerprint density at radius 2 is 1.80 bits per heavy atom. The Bertz CT molecular complexity index is 242. The van der Waals surface area contributed by atoms with Gasteiger partial charge in [-0.25, -0.2) is 0 Å². The molecule has 0 aliphatic heterocycles. The van der Waals surface area contributed by atoms with Crippen LogP contribution in [0.15, 0.2) is 4.99 Å². The summed E-state index contributed by atoms with van der Waals surface area (Å²) in [5.41, 5.74) is 0. The van der Waals surface area contributed by atoms with Gasteiger partial charge in [-0.15, -0.1) is 24.0 Å². The zero-order valence-corrected chi connectivity index (χ0v) is 16.5. The smallest absolute Gasteiger partial charge is 0.191 e. The van der Waals surface area contributed by atoms with Crippen LogP contribution in [-0.2, 0) is 0 Å². The minimum atomic E-state index is 0. The van der Waals surface area contributed by atoms with E-state index in [2.05, 4.69) is 62.3 Å². The molecule has 0 saturated heterocycles. The fraction of sp³-hybridized carbons (Fsp3) is 0.933. The Labute approximate surface area is 143 Å². The van der Waals surface area contributed by atoms with E-state index in [4.69, 9.17) is 0 Å². The molecule has 1 atom stereocenters. The largest absolute Gasteiger partial charge is 0.357 e. The minimum Gasteiger partial charge on any atom is -0.357 e. The van der Waals surface area contributed by atoms with Crippen LogP contribution in [0.1, 0.15) is 47.0 Å². The van der Waals surface area contributed by atoms with Crippen LogP contribution in [0.3, 0.4) is 0 Å². The molecule has 0 spiro atoms. The van der Waals surface area contributed by atoms with E-state index >= 15 is 0 Å². The standard InChI is InChI=1S/C15H34N4.HI/c1-7-16-15(17-11-8-12-19(5)6)18-14(4)10-9-13(2)3;/h13-14H,7-12H2,1-6H3,(H2,16,17,18);1H. The minimum absolute atomic E-state index is 0. The van der Waals surface area contributed by atoms with Gasteiger partial charge < -0.3 is 15.5 Å². The van der Waals surface area contributed by atoms with Crippen LogP contribution in [0.25, 0.3) is 0 Å². The fourth-order valence-corrected chi connectivity index (χ4v) is 1.79. The number of hydrogen-bond donors (Lipinski definition) is 2. The lowest BCUT2D eigenvalue weighted by Gasteiger charge is -2.18.